The highest BCUT2D eigenvalue weighted by Crippen LogP contribution is 2.14. The lowest BCUT2D eigenvalue weighted by Crippen LogP contribution is -2.52. The minimum Gasteiger partial charge on any atom is -0.368 e. The number of rotatable bonds is 1. The first-order valence-electron chi connectivity index (χ1n) is 4.94. The highest BCUT2D eigenvalue weighted by Gasteiger charge is 2.30. The largest absolute Gasteiger partial charge is 0.368 e. The molecule has 2 heterocycles. The molecule has 5 nitrogen and oxygen atoms in total. The van der Waals surface area contributed by atoms with Gasteiger partial charge in [0.15, 0.2) is 0 Å². The van der Waals surface area contributed by atoms with Crippen molar-refractivity contribution in [2.24, 2.45) is 0 Å². The van der Waals surface area contributed by atoms with Crippen molar-refractivity contribution in [3.8, 4) is 0 Å². The van der Waals surface area contributed by atoms with E-state index in [9.17, 15) is 9.59 Å². The van der Waals surface area contributed by atoms with Crippen LogP contribution in [0.1, 0.15) is 12.8 Å². The van der Waals surface area contributed by atoms with Gasteiger partial charge in [0.25, 0.3) is 5.91 Å². The van der Waals surface area contributed by atoms with Gasteiger partial charge in [0, 0.05) is 19.7 Å². The van der Waals surface area contributed by atoms with Crippen LogP contribution in [0.2, 0.25) is 0 Å². The minimum atomic E-state index is -0.305. The molecule has 2 saturated heterocycles. The van der Waals surface area contributed by atoms with E-state index in [0.29, 0.717) is 19.7 Å². The lowest BCUT2D eigenvalue weighted by atomic mass is 10.2. The topological polar surface area (TPSA) is 58.6 Å². The molecule has 2 rings (SSSR count). The fourth-order valence-electron chi connectivity index (χ4n) is 1.80. The average Bonchev–Trinajstić information content (AvgIpc) is 2.69. The Hall–Kier alpha value is -1.10. The van der Waals surface area contributed by atoms with Crippen LogP contribution in [0.15, 0.2) is 0 Å². The molecule has 0 spiro atoms. The predicted octanol–water partition coefficient (Wildman–Crippen LogP) is -0.876. The van der Waals surface area contributed by atoms with Gasteiger partial charge in [-0.05, 0) is 12.8 Å². The smallest absolute Gasteiger partial charge is 0.252 e. The first kappa shape index (κ1) is 9.45. The van der Waals surface area contributed by atoms with E-state index in [2.05, 4.69) is 5.32 Å². The zero-order valence-electron chi connectivity index (χ0n) is 7.99. The summed E-state index contributed by atoms with van der Waals surface area (Å²) in [4.78, 5) is 24.4. The Morgan fingerprint density at radius 2 is 2.43 bits per heavy atom. The number of hydrogen-bond donors (Lipinski definition) is 1. The first-order valence-corrected chi connectivity index (χ1v) is 4.94. The molecule has 0 saturated carbocycles. The van der Waals surface area contributed by atoms with Crippen molar-refractivity contribution in [2.45, 2.75) is 18.9 Å². The molecule has 2 fully saturated rings. The number of carbonyl (C=O) groups is 2. The third-order valence-electron chi connectivity index (χ3n) is 2.56. The molecule has 0 aromatic heterocycles. The molecule has 78 valence electrons. The Bertz CT molecular complexity index is 248. The van der Waals surface area contributed by atoms with Crippen LogP contribution in [0.3, 0.4) is 0 Å². The molecule has 14 heavy (non-hydrogen) atoms. The van der Waals surface area contributed by atoms with Crippen molar-refractivity contribution < 1.29 is 14.3 Å². The summed E-state index contributed by atoms with van der Waals surface area (Å²) >= 11 is 0. The number of nitrogens with one attached hydrogen (secondary N) is 1. The summed E-state index contributed by atoms with van der Waals surface area (Å²) in [5.74, 6) is -0.111. The number of amides is 2. The normalized spacial score (nSPS) is 27.6. The van der Waals surface area contributed by atoms with Gasteiger partial charge in [-0.1, -0.05) is 0 Å². The monoisotopic (exact) mass is 198 g/mol. The third-order valence-corrected chi connectivity index (χ3v) is 2.56. The fraction of sp³-hybridized carbons (Fsp3) is 0.778. The Morgan fingerprint density at radius 3 is 3.07 bits per heavy atom. The van der Waals surface area contributed by atoms with E-state index < -0.39 is 0 Å². The molecule has 0 aliphatic carbocycles. The van der Waals surface area contributed by atoms with Crippen LogP contribution in [0.25, 0.3) is 0 Å². The Morgan fingerprint density at radius 1 is 1.57 bits per heavy atom. The molecule has 5 heteroatoms. The van der Waals surface area contributed by atoms with Gasteiger partial charge in [-0.25, -0.2) is 0 Å². The molecule has 0 unspecified atom stereocenters. The van der Waals surface area contributed by atoms with Crippen LogP contribution in [-0.4, -0.2) is 49.1 Å². The van der Waals surface area contributed by atoms with Crippen molar-refractivity contribution in [2.75, 3.05) is 26.2 Å². The summed E-state index contributed by atoms with van der Waals surface area (Å²) in [6, 6.07) is 0. The van der Waals surface area contributed by atoms with E-state index in [0.717, 1.165) is 12.8 Å². The molecular formula is C9H14N2O3. The summed E-state index contributed by atoms with van der Waals surface area (Å²) in [5.41, 5.74) is 0. The maximum atomic E-state index is 11.8. The minimum absolute atomic E-state index is 0.0302. The molecule has 0 radical (unpaired) electrons. The summed E-state index contributed by atoms with van der Waals surface area (Å²) in [6.45, 7) is 2.00. The van der Waals surface area contributed by atoms with Gasteiger partial charge in [-0.15, -0.1) is 0 Å². The zero-order valence-corrected chi connectivity index (χ0v) is 7.99. The molecule has 1 N–H and O–H groups in total. The molecule has 2 aliphatic heterocycles. The van der Waals surface area contributed by atoms with E-state index in [1.807, 2.05) is 0 Å². The third kappa shape index (κ3) is 1.87. The number of ether oxygens (including phenoxy) is 1. The molecule has 0 bridgehead atoms. The van der Waals surface area contributed by atoms with E-state index in [1.165, 1.54) is 0 Å². The summed E-state index contributed by atoms with van der Waals surface area (Å²) in [7, 11) is 0. The van der Waals surface area contributed by atoms with Crippen molar-refractivity contribution in [3.05, 3.63) is 0 Å². The average molecular weight is 198 g/mol. The van der Waals surface area contributed by atoms with Gasteiger partial charge in [0.05, 0.1) is 6.54 Å². The molecule has 2 amide bonds. The Kier molecular flexibility index (Phi) is 2.67. The van der Waals surface area contributed by atoms with Gasteiger partial charge in [-0.2, -0.15) is 0 Å². The van der Waals surface area contributed by atoms with Crippen molar-refractivity contribution in [3.63, 3.8) is 0 Å². The van der Waals surface area contributed by atoms with Crippen LogP contribution in [0, 0.1) is 0 Å². The maximum absolute atomic E-state index is 11.8. The molecule has 1 atom stereocenters. The highest BCUT2D eigenvalue weighted by atomic mass is 16.5. The molecule has 0 aromatic carbocycles. The van der Waals surface area contributed by atoms with E-state index >= 15 is 0 Å². The van der Waals surface area contributed by atoms with E-state index in [1.54, 1.807) is 4.90 Å². The Balaban J connectivity index is 1.92. The van der Waals surface area contributed by atoms with Crippen molar-refractivity contribution in [1.82, 2.24) is 10.2 Å². The second-order valence-electron chi connectivity index (χ2n) is 3.61. The molecule has 2 aliphatic rings. The van der Waals surface area contributed by atoms with Crippen molar-refractivity contribution in [1.29, 1.82) is 0 Å². The SMILES string of the molecule is O=C1CN(C(=O)[C@@H]2CCCO2)CCN1. The summed E-state index contributed by atoms with van der Waals surface area (Å²) in [5, 5.41) is 2.68. The lowest BCUT2D eigenvalue weighted by Gasteiger charge is -2.28. The molecule has 0 aromatic rings. The number of hydrogen-bond acceptors (Lipinski definition) is 3. The second kappa shape index (κ2) is 3.96. The quantitative estimate of drug-likeness (QED) is 0.595. The standard InChI is InChI=1S/C9H14N2O3/c12-8-6-11(4-3-10-8)9(13)7-2-1-5-14-7/h7H,1-6H2,(H,10,12)/t7-/m0/s1. The van der Waals surface area contributed by atoms with Crippen LogP contribution in [-0.2, 0) is 14.3 Å². The van der Waals surface area contributed by atoms with Gasteiger partial charge in [0.1, 0.15) is 6.10 Å². The lowest BCUT2D eigenvalue weighted by molar-refractivity contribution is -0.145. The summed E-state index contributed by atoms with van der Waals surface area (Å²) in [6.07, 6.45) is 1.42. The van der Waals surface area contributed by atoms with Crippen LogP contribution < -0.4 is 5.32 Å². The van der Waals surface area contributed by atoms with Gasteiger partial charge < -0.3 is 15.0 Å². The number of carbonyl (C=O) groups excluding carboxylic acids is 2. The van der Waals surface area contributed by atoms with Crippen LogP contribution in [0.4, 0.5) is 0 Å². The van der Waals surface area contributed by atoms with E-state index in [-0.39, 0.29) is 24.5 Å². The van der Waals surface area contributed by atoms with Gasteiger partial charge in [-0.3, -0.25) is 9.59 Å². The first-order chi connectivity index (χ1) is 6.77. The van der Waals surface area contributed by atoms with Crippen LogP contribution >= 0.6 is 0 Å². The molecular weight excluding hydrogens is 184 g/mol. The number of piperazine rings is 1. The van der Waals surface area contributed by atoms with Gasteiger partial charge in [0.2, 0.25) is 5.91 Å². The fourth-order valence-corrected chi connectivity index (χ4v) is 1.80. The highest BCUT2D eigenvalue weighted by molar-refractivity contribution is 5.88. The van der Waals surface area contributed by atoms with Crippen LogP contribution in [0.5, 0.6) is 0 Å². The second-order valence-corrected chi connectivity index (χ2v) is 3.61. The van der Waals surface area contributed by atoms with Crippen molar-refractivity contribution >= 4 is 11.8 Å². The predicted molar refractivity (Wildman–Crippen MR) is 48.6 cm³/mol. The maximum Gasteiger partial charge on any atom is 0.252 e. The van der Waals surface area contributed by atoms with Gasteiger partial charge >= 0.3 is 0 Å². The van der Waals surface area contributed by atoms with E-state index in [4.69, 9.17) is 4.74 Å². The zero-order chi connectivity index (χ0) is 9.97. The Labute approximate surface area is 82.4 Å². The summed E-state index contributed by atoms with van der Waals surface area (Å²) < 4.78 is 5.28. The number of nitrogens with zero attached hydrogens (tertiary/aromatic N) is 1.